The molecule has 118 valence electrons. The molecule has 1 aromatic carbocycles. The fourth-order valence-corrected chi connectivity index (χ4v) is 2.59. The van der Waals surface area contributed by atoms with Crippen LogP contribution in [-0.4, -0.2) is 40.8 Å². The lowest BCUT2D eigenvalue weighted by molar-refractivity contribution is -0.139. The van der Waals surface area contributed by atoms with Gasteiger partial charge in [0.15, 0.2) is 0 Å². The highest BCUT2D eigenvalue weighted by Crippen LogP contribution is 2.15. The van der Waals surface area contributed by atoms with Crippen LogP contribution in [0.4, 0.5) is 0 Å². The van der Waals surface area contributed by atoms with Gasteiger partial charge in [-0.3, -0.25) is 9.59 Å². The van der Waals surface area contributed by atoms with Gasteiger partial charge < -0.3 is 19.7 Å². The normalized spacial score (nSPS) is 13.7. The second-order valence-corrected chi connectivity index (χ2v) is 5.61. The summed E-state index contributed by atoms with van der Waals surface area (Å²) in [5.74, 6) is -1.23. The summed E-state index contributed by atoms with van der Waals surface area (Å²) >= 11 is 0. The third-order valence-corrected chi connectivity index (χ3v) is 3.44. The smallest absolute Gasteiger partial charge is 0.305 e. The Morgan fingerprint density at radius 3 is 2.73 bits per heavy atom. The Morgan fingerprint density at radius 2 is 2.05 bits per heavy atom. The average molecular weight is 304 g/mol. The van der Waals surface area contributed by atoms with Crippen LogP contribution < -0.4 is 5.32 Å². The lowest BCUT2D eigenvalue weighted by Gasteiger charge is -2.28. The number of carboxylic acid groups (broad SMARTS) is 1. The number of carboxylic acids is 1. The molecule has 0 radical (unpaired) electrons. The second-order valence-electron chi connectivity index (χ2n) is 5.61. The third-order valence-electron chi connectivity index (χ3n) is 3.44. The number of carbonyl (C=O) groups excluding carboxylic acids is 1. The zero-order chi connectivity index (χ0) is 16.2. The molecule has 6 heteroatoms. The Hall–Kier alpha value is -2.34. The number of nitrogens with one attached hydrogen (secondary N) is 1. The minimum atomic E-state index is -0.980. The first-order valence-corrected chi connectivity index (χ1v) is 6.99. The molecule has 6 nitrogen and oxygen atoms in total. The molecular formula is C16H20N2O4. The lowest BCUT2D eigenvalue weighted by atomic mass is 9.99. The van der Waals surface area contributed by atoms with Crippen molar-refractivity contribution in [3.63, 3.8) is 0 Å². The van der Waals surface area contributed by atoms with E-state index in [4.69, 9.17) is 9.84 Å². The number of rotatable bonds is 7. The molecule has 2 rings (SSSR count). The lowest BCUT2D eigenvalue weighted by Crippen LogP contribution is -2.51. The molecule has 2 aromatic rings. The highest BCUT2D eigenvalue weighted by Gasteiger charge is 2.29. The van der Waals surface area contributed by atoms with Crippen LogP contribution in [0.5, 0.6) is 0 Å². The zero-order valence-electron chi connectivity index (χ0n) is 12.7. The monoisotopic (exact) mass is 304 g/mol. The van der Waals surface area contributed by atoms with E-state index in [1.165, 1.54) is 7.11 Å². The molecule has 0 aliphatic rings. The fourth-order valence-electron chi connectivity index (χ4n) is 2.59. The summed E-state index contributed by atoms with van der Waals surface area (Å²) in [5, 5.41) is 12.8. The van der Waals surface area contributed by atoms with E-state index in [2.05, 4.69) is 5.32 Å². The summed E-state index contributed by atoms with van der Waals surface area (Å²) in [6.45, 7) is 1.93. The van der Waals surface area contributed by atoms with Gasteiger partial charge in [-0.25, -0.2) is 0 Å². The molecule has 0 saturated carbocycles. The van der Waals surface area contributed by atoms with E-state index in [0.717, 1.165) is 10.9 Å². The molecule has 0 bridgehead atoms. The average Bonchev–Trinajstić information content (AvgIpc) is 2.81. The molecule has 1 heterocycles. The molecule has 2 N–H and O–H groups in total. The minimum absolute atomic E-state index is 0.131. The van der Waals surface area contributed by atoms with Crippen molar-refractivity contribution < 1.29 is 19.4 Å². The SMILES string of the molecule is COCC(C)(CC(=O)O)NC(=O)Cn1ccc2ccccc21. The van der Waals surface area contributed by atoms with E-state index in [0.29, 0.717) is 0 Å². The standard InChI is InChI=1S/C16H20N2O4/c1-16(11-22-2,9-15(20)21)17-14(19)10-18-8-7-12-5-3-4-6-13(12)18/h3-8H,9-11H2,1-2H3,(H,17,19)(H,20,21). The number of fused-ring (bicyclic) bond motifs is 1. The van der Waals surface area contributed by atoms with Gasteiger partial charge in [-0.1, -0.05) is 18.2 Å². The number of methoxy groups -OCH3 is 1. The van der Waals surface area contributed by atoms with Crippen LogP contribution in [0.15, 0.2) is 36.5 Å². The highest BCUT2D eigenvalue weighted by molar-refractivity contribution is 5.83. The Kier molecular flexibility index (Phi) is 4.82. The van der Waals surface area contributed by atoms with Crippen LogP contribution in [0.3, 0.4) is 0 Å². The van der Waals surface area contributed by atoms with E-state index in [1.54, 1.807) is 6.92 Å². The van der Waals surface area contributed by atoms with Crippen molar-refractivity contribution in [2.24, 2.45) is 0 Å². The van der Waals surface area contributed by atoms with Gasteiger partial charge in [0.2, 0.25) is 5.91 Å². The summed E-state index contributed by atoms with van der Waals surface area (Å²) in [6, 6.07) is 9.71. The first-order chi connectivity index (χ1) is 10.4. The summed E-state index contributed by atoms with van der Waals surface area (Å²) < 4.78 is 6.86. The van der Waals surface area contributed by atoms with Crippen LogP contribution in [0.25, 0.3) is 10.9 Å². The molecule has 0 aliphatic heterocycles. The molecule has 22 heavy (non-hydrogen) atoms. The van der Waals surface area contributed by atoms with Crippen LogP contribution in [0.1, 0.15) is 13.3 Å². The quantitative estimate of drug-likeness (QED) is 0.815. The van der Waals surface area contributed by atoms with Gasteiger partial charge in [0, 0.05) is 18.8 Å². The largest absolute Gasteiger partial charge is 0.481 e. The number of aromatic nitrogens is 1. The maximum Gasteiger partial charge on any atom is 0.305 e. The van der Waals surface area contributed by atoms with Crippen molar-refractivity contribution in [2.75, 3.05) is 13.7 Å². The number of hydrogen-bond donors (Lipinski definition) is 2. The number of ether oxygens (including phenoxy) is 1. The summed E-state index contributed by atoms with van der Waals surface area (Å²) in [7, 11) is 1.48. The first kappa shape index (κ1) is 16.0. The van der Waals surface area contributed by atoms with Crippen molar-refractivity contribution in [3.8, 4) is 0 Å². The van der Waals surface area contributed by atoms with Crippen LogP contribution in [0.2, 0.25) is 0 Å². The summed E-state index contributed by atoms with van der Waals surface area (Å²) in [6.07, 6.45) is 1.65. The summed E-state index contributed by atoms with van der Waals surface area (Å²) in [5.41, 5.74) is 0.0324. The molecule has 1 atom stereocenters. The number of aliphatic carboxylic acids is 1. The van der Waals surface area contributed by atoms with E-state index in [9.17, 15) is 9.59 Å². The highest BCUT2D eigenvalue weighted by atomic mass is 16.5. The molecular weight excluding hydrogens is 284 g/mol. The van der Waals surface area contributed by atoms with Crippen molar-refractivity contribution in [1.82, 2.24) is 9.88 Å². The fraction of sp³-hybridized carbons (Fsp3) is 0.375. The predicted octanol–water partition coefficient (Wildman–Crippen LogP) is 1.64. The van der Waals surface area contributed by atoms with Crippen molar-refractivity contribution in [1.29, 1.82) is 0 Å². The van der Waals surface area contributed by atoms with Gasteiger partial charge in [-0.15, -0.1) is 0 Å². The molecule has 0 spiro atoms. The first-order valence-electron chi connectivity index (χ1n) is 6.99. The van der Waals surface area contributed by atoms with Gasteiger partial charge in [-0.2, -0.15) is 0 Å². The van der Waals surface area contributed by atoms with E-state index in [-0.39, 0.29) is 25.5 Å². The Balaban J connectivity index is 2.09. The maximum atomic E-state index is 12.2. The molecule has 0 fully saturated rings. The number of para-hydroxylation sites is 1. The predicted molar refractivity (Wildman–Crippen MR) is 82.6 cm³/mol. The Bertz CT molecular complexity index is 680. The van der Waals surface area contributed by atoms with Gasteiger partial charge in [0.25, 0.3) is 0 Å². The van der Waals surface area contributed by atoms with Crippen LogP contribution in [0, 0.1) is 0 Å². The number of benzene rings is 1. The van der Waals surface area contributed by atoms with Crippen LogP contribution in [-0.2, 0) is 20.9 Å². The number of carbonyl (C=O) groups is 2. The van der Waals surface area contributed by atoms with Crippen molar-refractivity contribution in [2.45, 2.75) is 25.4 Å². The van der Waals surface area contributed by atoms with Crippen molar-refractivity contribution in [3.05, 3.63) is 36.5 Å². The Morgan fingerprint density at radius 1 is 1.32 bits per heavy atom. The molecule has 1 unspecified atom stereocenters. The molecule has 1 amide bonds. The number of nitrogens with zero attached hydrogens (tertiary/aromatic N) is 1. The molecule has 0 aliphatic carbocycles. The third kappa shape index (κ3) is 3.85. The van der Waals surface area contributed by atoms with Gasteiger partial charge >= 0.3 is 5.97 Å². The van der Waals surface area contributed by atoms with E-state index >= 15 is 0 Å². The van der Waals surface area contributed by atoms with Gasteiger partial charge in [0.1, 0.15) is 6.54 Å². The molecule has 1 aromatic heterocycles. The minimum Gasteiger partial charge on any atom is -0.481 e. The number of hydrogen-bond acceptors (Lipinski definition) is 3. The van der Waals surface area contributed by atoms with Gasteiger partial charge in [0.05, 0.1) is 18.6 Å². The second kappa shape index (κ2) is 6.62. The molecule has 0 saturated heterocycles. The van der Waals surface area contributed by atoms with Gasteiger partial charge in [-0.05, 0) is 24.4 Å². The zero-order valence-corrected chi connectivity index (χ0v) is 12.7. The number of amides is 1. The van der Waals surface area contributed by atoms with E-state index in [1.807, 2.05) is 41.1 Å². The Labute approximate surface area is 128 Å². The van der Waals surface area contributed by atoms with E-state index < -0.39 is 11.5 Å². The topological polar surface area (TPSA) is 80.6 Å². The summed E-state index contributed by atoms with van der Waals surface area (Å²) in [4.78, 5) is 23.2. The maximum absolute atomic E-state index is 12.2. The van der Waals surface area contributed by atoms with Crippen molar-refractivity contribution >= 4 is 22.8 Å². The van der Waals surface area contributed by atoms with Crippen LogP contribution >= 0.6 is 0 Å².